The summed E-state index contributed by atoms with van der Waals surface area (Å²) in [5.41, 5.74) is 1.14. The van der Waals surface area contributed by atoms with Gasteiger partial charge in [-0.2, -0.15) is 4.39 Å². The van der Waals surface area contributed by atoms with E-state index in [0.717, 1.165) is 23.5 Å². The summed E-state index contributed by atoms with van der Waals surface area (Å²) in [6.07, 6.45) is 1.53. The first-order chi connectivity index (χ1) is 21.8. The van der Waals surface area contributed by atoms with Crippen molar-refractivity contribution in [2.24, 2.45) is 4.99 Å². The lowest BCUT2D eigenvalue weighted by Crippen LogP contribution is -2.40. The lowest BCUT2D eigenvalue weighted by molar-refractivity contribution is -0.387. The van der Waals surface area contributed by atoms with Crippen LogP contribution in [0.1, 0.15) is 29.9 Å². The number of nitrogens with zero attached hydrogens (tertiary/aromatic N) is 3. The van der Waals surface area contributed by atoms with Crippen molar-refractivity contribution in [2.75, 3.05) is 13.7 Å². The summed E-state index contributed by atoms with van der Waals surface area (Å²) in [5, 5.41) is 11.2. The van der Waals surface area contributed by atoms with Gasteiger partial charge in [-0.3, -0.25) is 19.5 Å². The average Bonchev–Trinajstić information content (AvgIpc) is 3.65. The van der Waals surface area contributed by atoms with Crippen molar-refractivity contribution >= 4 is 34.8 Å². The molecule has 0 radical (unpaired) electrons. The summed E-state index contributed by atoms with van der Waals surface area (Å²) in [5.74, 6) is -0.407. The fraction of sp³-hybridized carbons (Fsp3) is 0.121. The van der Waals surface area contributed by atoms with E-state index >= 15 is 0 Å². The minimum absolute atomic E-state index is 0.127. The Morgan fingerprint density at radius 3 is 2.53 bits per heavy atom. The number of thiazole rings is 1. The number of carbonyl (C=O) groups excluding carboxylic acids is 1. The van der Waals surface area contributed by atoms with Crippen LogP contribution in [0.15, 0.2) is 105 Å². The van der Waals surface area contributed by atoms with E-state index in [-0.39, 0.29) is 28.2 Å². The largest absolute Gasteiger partial charge is 0.497 e. The number of hydrogen-bond donors (Lipinski definition) is 0. The quantitative estimate of drug-likeness (QED) is 0.131. The van der Waals surface area contributed by atoms with Gasteiger partial charge in [0.1, 0.15) is 17.3 Å². The number of rotatable bonds is 8. The van der Waals surface area contributed by atoms with Gasteiger partial charge in [-0.25, -0.2) is 9.79 Å². The van der Waals surface area contributed by atoms with E-state index in [9.17, 15) is 24.1 Å². The molecule has 0 bridgehead atoms. The Morgan fingerprint density at radius 1 is 1.09 bits per heavy atom. The van der Waals surface area contributed by atoms with Gasteiger partial charge in [0.2, 0.25) is 5.82 Å². The zero-order chi connectivity index (χ0) is 31.7. The van der Waals surface area contributed by atoms with Crippen LogP contribution in [0.25, 0.3) is 23.1 Å². The third-order valence-corrected chi connectivity index (χ3v) is 8.12. The summed E-state index contributed by atoms with van der Waals surface area (Å²) >= 11 is 1.12. The number of benzene rings is 3. The molecule has 2 aromatic heterocycles. The highest BCUT2D eigenvalue weighted by Gasteiger charge is 2.35. The van der Waals surface area contributed by atoms with E-state index in [4.69, 9.17) is 18.9 Å². The molecule has 0 N–H and O–H groups in total. The number of fused-ring (bicyclic) bond motifs is 1. The molecule has 0 spiro atoms. The number of methoxy groups -OCH3 is 1. The molecule has 10 nitrogen and oxygen atoms in total. The van der Waals surface area contributed by atoms with Crippen LogP contribution in [0, 0.1) is 15.9 Å². The van der Waals surface area contributed by atoms with Crippen molar-refractivity contribution in [3.63, 3.8) is 0 Å². The molecular formula is C33H24FN3O7S. The van der Waals surface area contributed by atoms with E-state index in [2.05, 4.69) is 0 Å². The molecule has 5 aromatic rings. The van der Waals surface area contributed by atoms with Crippen molar-refractivity contribution < 1.29 is 28.0 Å². The first-order valence-electron chi connectivity index (χ1n) is 13.8. The van der Waals surface area contributed by atoms with Crippen LogP contribution in [0.4, 0.5) is 10.1 Å². The van der Waals surface area contributed by atoms with Gasteiger partial charge >= 0.3 is 11.7 Å². The van der Waals surface area contributed by atoms with E-state index < -0.39 is 34.0 Å². The molecule has 1 aliphatic rings. The fourth-order valence-electron chi connectivity index (χ4n) is 5.06. The molecule has 226 valence electrons. The van der Waals surface area contributed by atoms with Crippen LogP contribution in [0.3, 0.4) is 0 Å². The van der Waals surface area contributed by atoms with E-state index in [1.807, 2.05) is 30.3 Å². The second-order valence-electron chi connectivity index (χ2n) is 9.83. The van der Waals surface area contributed by atoms with E-state index in [1.165, 1.54) is 16.7 Å². The number of nitro benzene ring substituents is 1. The molecule has 3 aromatic carbocycles. The molecule has 0 aliphatic carbocycles. The first-order valence-corrected chi connectivity index (χ1v) is 14.6. The summed E-state index contributed by atoms with van der Waals surface area (Å²) in [4.78, 5) is 43.2. The lowest BCUT2D eigenvalue weighted by Gasteiger charge is -2.26. The lowest BCUT2D eigenvalue weighted by atomic mass is 9.93. The van der Waals surface area contributed by atoms with Crippen LogP contribution >= 0.6 is 11.3 Å². The maximum atomic E-state index is 14.1. The molecule has 1 aliphatic heterocycles. The Labute approximate surface area is 258 Å². The van der Waals surface area contributed by atoms with Crippen molar-refractivity contribution in [1.29, 1.82) is 0 Å². The topological polar surface area (TPSA) is 126 Å². The number of aromatic nitrogens is 1. The predicted octanol–water partition coefficient (Wildman–Crippen LogP) is 5.25. The van der Waals surface area contributed by atoms with Gasteiger partial charge in [0.05, 0.1) is 40.5 Å². The number of halogens is 1. The van der Waals surface area contributed by atoms with Crippen molar-refractivity contribution in [1.82, 2.24) is 4.57 Å². The standard InChI is InChI=1S/C33H24FN3O7S/c1-3-43-32(39)28-29(19-7-5-4-6-8-19)35-33-36(30(28)20-9-12-22(42-2)13-10-20)31(38)27(45-33)18-23-14-16-26(44-23)21-11-15-24(34)25(17-21)37(40)41/h4-18,30H,3H2,1-2H3/b27-18-/t30-/m1/s1. The van der Waals surface area contributed by atoms with Crippen LogP contribution in [0.2, 0.25) is 0 Å². The molecular weight excluding hydrogens is 601 g/mol. The van der Waals surface area contributed by atoms with Crippen molar-refractivity contribution in [3.8, 4) is 17.1 Å². The van der Waals surface area contributed by atoms with Gasteiger partial charge < -0.3 is 13.9 Å². The molecule has 6 rings (SSSR count). The van der Waals surface area contributed by atoms with Gasteiger partial charge in [-0.05, 0) is 48.9 Å². The van der Waals surface area contributed by atoms with Gasteiger partial charge in [-0.15, -0.1) is 0 Å². The number of furan rings is 1. The fourth-order valence-corrected chi connectivity index (χ4v) is 6.04. The zero-order valence-electron chi connectivity index (χ0n) is 23.9. The molecule has 0 amide bonds. The Balaban J connectivity index is 1.53. The zero-order valence-corrected chi connectivity index (χ0v) is 24.7. The highest BCUT2D eigenvalue weighted by molar-refractivity contribution is 7.07. The normalized spacial score (nSPS) is 14.6. The second-order valence-corrected chi connectivity index (χ2v) is 10.8. The highest BCUT2D eigenvalue weighted by Crippen LogP contribution is 2.36. The number of hydrogen-bond acceptors (Lipinski definition) is 9. The molecule has 3 heterocycles. The smallest absolute Gasteiger partial charge is 0.338 e. The summed E-state index contributed by atoms with van der Waals surface area (Å²) in [6, 6.07) is 22.0. The molecule has 12 heteroatoms. The Bertz CT molecular complexity index is 2150. The van der Waals surface area contributed by atoms with Gasteiger partial charge in [0.15, 0.2) is 4.80 Å². The van der Waals surface area contributed by atoms with Gasteiger partial charge in [0, 0.05) is 23.3 Å². The number of carbonyl (C=O) groups is 1. The van der Waals surface area contributed by atoms with Gasteiger partial charge in [-0.1, -0.05) is 53.8 Å². The van der Waals surface area contributed by atoms with E-state index in [0.29, 0.717) is 32.9 Å². The van der Waals surface area contributed by atoms with Crippen LogP contribution in [-0.4, -0.2) is 29.2 Å². The minimum atomic E-state index is -0.958. The maximum Gasteiger partial charge on any atom is 0.338 e. The highest BCUT2D eigenvalue weighted by atomic mass is 32.1. The summed E-state index contributed by atoms with van der Waals surface area (Å²) in [7, 11) is 1.55. The second kappa shape index (κ2) is 12.2. The molecule has 0 unspecified atom stereocenters. The predicted molar refractivity (Wildman–Crippen MR) is 165 cm³/mol. The maximum absolute atomic E-state index is 14.1. The Kier molecular flexibility index (Phi) is 7.97. The SMILES string of the molecule is CCOC(=O)C1=C(c2ccccc2)N=c2s/c(=C\c3ccc(-c4ccc(F)c([N+](=O)[O-])c4)o3)c(=O)n2[C@@H]1c1ccc(OC)cc1. The van der Waals surface area contributed by atoms with Crippen molar-refractivity contribution in [2.45, 2.75) is 13.0 Å². The third-order valence-electron chi connectivity index (χ3n) is 7.13. The Hall–Kier alpha value is -5.62. The molecule has 0 saturated carbocycles. The molecule has 45 heavy (non-hydrogen) atoms. The average molecular weight is 626 g/mol. The third kappa shape index (κ3) is 5.58. The number of esters is 1. The van der Waals surface area contributed by atoms with Crippen molar-refractivity contribution in [3.05, 3.63) is 143 Å². The first kappa shape index (κ1) is 29.5. The number of ether oxygens (including phenoxy) is 2. The Morgan fingerprint density at radius 2 is 1.84 bits per heavy atom. The summed E-state index contributed by atoms with van der Waals surface area (Å²) < 4.78 is 32.3. The molecule has 1 atom stereocenters. The van der Waals surface area contributed by atoms with Crippen LogP contribution in [0.5, 0.6) is 5.75 Å². The number of nitro groups is 1. The van der Waals surface area contributed by atoms with E-state index in [1.54, 1.807) is 50.4 Å². The molecule has 0 fully saturated rings. The molecule has 0 saturated heterocycles. The van der Waals surface area contributed by atoms with Crippen LogP contribution in [-0.2, 0) is 9.53 Å². The minimum Gasteiger partial charge on any atom is -0.497 e. The summed E-state index contributed by atoms with van der Waals surface area (Å²) in [6.45, 7) is 1.84. The monoisotopic (exact) mass is 625 g/mol. The van der Waals surface area contributed by atoms with Crippen LogP contribution < -0.4 is 19.6 Å². The van der Waals surface area contributed by atoms with Gasteiger partial charge in [0.25, 0.3) is 5.56 Å².